The Morgan fingerprint density at radius 2 is 2.00 bits per heavy atom. The van der Waals surface area contributed by atoms with Crippen LogP contribution in [0.1, 0.15) is 28.2 Å². The van der Waals surface area contributed by atoms with Gasteiger partial charge in [0.25, 0.3) is 5.91 Å². The van der Waals surface area contributed by atoms with Crippen LogP contribution in [0.4, 0.5) is 5.13 Å². The lowest BCUT2D eigenvalue weighted by atomic mass is 10.1. The van der Waals surface area contributed by atoms with E-state index in [1.54, 1.807) is 25.3 Å². The van der Waals surface area contributed by atoms with Crippen molar-refractivity contribution in [3.8, 4) is 5.75 Å². The lowest BCUT2D eigenvalue weighted by molar-refractivity contribution is 0.0767. The Kier molecular flexibility index (Phi) is 6.95. The number of ether oxygens (including phenoxy) is 1. The molecule has 0 saturated carbocycles. The first kappa shape index (κ1) is 21.9. The molecule has 1 fully saturated rings. The second-order valence-electron chi connectivity index (χ2n) is 7.28. The fraction of sp³-hybridized carbons (Fsp3) is 0.318. The van der Waals surface area contributed by atoms with Gasteiger partial charge >= 0.3 is 0 Å². The Morgan fingerprint density at radius 3 is 2.81 bits per heavy atom. The number of aromatic nitrogens is 2. The van der Waals surface area contributed by atoms with Crippen molar-refractivity contribution in [3.63, 3.8) is 0 Å². The number of benzene rings is 2. The average molecular weight is 477 g/mol. The van der Waals surface area contributed by atoms with Gasteiger partial charge in [0.05, 0.1) is 17.7 Å². The zero-order valence-corrected chi connectivity index (χ0v) is 19.4. The summed E-state index contributed by atoms with van der Waals surface area (Å²) in [5.74, 6) is 1.55. The molecule has 0 radical (unpaired) electrons. The number of carbonyl (C=O) groups excluding carboxylic acids is 1. The second kappa shape index (κ2) is 9.85. The van der Waals surface area contributed by atoms with Crippen LogP contribution >= 0.6 is 34.7 Å². The van der Waals surface area contributed by atoms with Crippen LogP contribution in [-0.4, -0.2) is 53.5 Å². The van der Waals surface area contributed by atoms with Crippen LogP contribution in [0, 0.1) is 0 Å². The molecule has 162 valence electrons. The Balaban J connectivity index is 1.40. The number of hydrogen-bond donors (Lipinski definition) is 0. The summed E-state index contributed by atoms with van der Waals surface area (Å²) in [5, 5.41) is 1.78. The minimum absolute atomic E-state index is 0.0699. The number of nitrogens with zero attached hydrogens (tertiary/aromatic N) is 4. The molecule has 1 aromatic heterocycles. The molecule has 1 aliphatic rings. The van der Waals surface area contributed by atoms with Crippen molar-refractivity contribution < 1.29 is 9.53 Å². The summed E-state index contributed by atoms with van der Waals surface area (Å²) in [7, 11) is 1.66. The molecule has 4 rings (SSSR count). The first-order chi connectivity index (χ1) is 15.0. The monoisotopic (exact) mass is 476 g/mol. The molecule has 3 aromatic rings. The van der Waals surface area contributed by atoms with Crippen LogP contribution in [0.15, 0.2) is 42.5 Å². The summed E-state index contributed by atoms with van der Waals surface area (Å²) in [6, 6.07) is 12.9. The third-order valence-corrected chi connectivity index (χ3v) is 6.53. The van der Waals surface area contributed by atoms with E-state index in [2.05, 4.69) is 9.27 Å². The zero-order valence-electron chi connectivity index (χ0n) is 17.1. The Bertz CT molecular complexity index is 1080. The van der Waals surface area contributed by atoms with Crippen LogP contribution in [0.5, 0.6) is 5.75 Å². The number of carbonyl (C=O) groups is 1. The van der Waals surface area contributed by atoms with Gasteiger partial charge in [-0.3, -0.25) is 4.79 Å². The van der Waals surface area contributed by atoms with E-state index < -0.39 is 0 Å². The number of hydrogen-bond acceptors (Lipinski definition) is 6. The molecule has 1 saturated heterocycles. The van der Waals surface area contributed by atoms with Crippen molar-refractivity contribution in [1.82, 2.24) is 14.3 Å². The largest absolute Gasteiger partial charge is 0.497 e. The van der Waals surface area contributed by atoms with Gasteiger partial charge in [0.1, 0.15) is 11.6 Å². The van der Waals surface area contributed by atoms with Crippen LogP contribution in [0.3, 0.4) is 0 Å². The molecular weight excluding hydrogens is 455 g/mol. The maximum atomic E-state index is 12.9. The predicted molar refractivity (Wildman–Crippen MR) is 125 cm³/mol. The Labute approximate surface area is 195 Å². The molecule has 1 amide bonds. The fourth-order valence-corrected chi connectivity index (χ4v) is 4.78. The normalized spacial score (nSPS) is 14.4. The molecule has 2 aromatic carbocycles. The Morgan fingerprint density at radius 1 is 1.13 bits per heavy atom. The van der Waals surface area contributed by atoms with Crippen LogP contribution in [0.25, 0.3) is 0 Å². The molecule has 0 spiro atoms. The molecule has 0 N–H and O–H groups in total. The van der Waals surface area contributed by atoms with Gasteiger partial charge in [-0.2, -0.15) is 4.37 Å². The lowest BCUT2D eigenvalue weighted by Gasteiger charge is -2.22. The van der Waals surface area contributed by atoms with E-state index in [1.165, 1.54) is 11.5 Å². The van der Waals surface area contributed by atoms with Gasteiger partial charge in [0.15, 0.2) is 0 Å². The van der Waals surface area contributed by atoms with E-state index in [0.29, 0.717) is 41.7 Å². The summed E-state index contributed by atoms with van der Waals surface area (Å²) >= 11 is 13.6. The van der Waals surface area contributed by atoms with E-state index in [9.17, 15) is 4.79 Å². The SMILES string of the molecule is COc1cccc(Cc2nsc(N3CCCN(C(=O)c4ccc(Cl)cc4Cl)CC3)n2)c1. The van der Waals surface area contributed by atoms with Gasteiger partial charge in [0.2, 0.25) is 5.13 Å². The molecule has 2 heterocycles. The summed E-state index contributed by atoms with van der Waals surface area (Å²) in [6.07, 6.45) is 1.50. The molecule has 1 aliphatic heterocycles. The molecule has 31 heavy (non-hydrogen) atoms. The number of anilines is 1. The summed E-state index contributed by atoms with van der Waals surface area (Å²) < 4.78 is 9.82. The molecule has 0 aliphatic carbocycles. The van der Waals surface area contributed by atoms with Crippen molar-refractivity contribution >= 4 is 45.8 Å². The van der Waals surface area contributed by atoms with E-state index in [0.717, 1.165) is 35.2 Å². The smallest absolute Gasteiger partial charge is 0.255 e. The lowest BCUT2D eigenvalue weighted by Crippen LogP contribution is -2.35. The number of amides is 1. The highest BCUT2D eigenvalue weighted by Crippen LogP contribution is 2.25. The summed E-state index contributed by atoms with van der Waals surface area (Å²) in [5.41, 5.74) is 1.59. The zero-order chi connectivity index (χ0) is 21.8. The number of methoxy groups -OCH3 is 1. The van der Waals surface area contributed by atoms with Gasteiger partial charge in [-0.15, -0.1) is 0 Å². The van der Waals surface area contributed by atoms with Crippen LogP contribution in [0.2, 0.25) is 10.0 Å². The van der Waals surface area contributed by atoms with Crippen molar-refractivity contribution in [1.29, 1.82) is 0 Å². The van der Waals surface area contributed by atoms with E-state index in [-0.39, 0.29) is 5.91 Å². The fourth-order valence-electron chi connectivity index (χ4n) is 3.56. The van der Waals surface area contributed by atoms with Gasteiger partial charge in [-0.25, -0.2) is 4.98 Å². The number of halogens is 2. The molecular formula is C22H22Cl2N4O2S. The van der Waals surface area contributed by atoms with E-state index in [1.807, 2.05) is 29.2 Å². The minimum atomic E-state index is -0.0699. The Hall–Kier alpha value is -2.35. The van der Waals surface area contributed by atoms with Crippen molar-refractivity contribution in [2.75, 3.05) is 38.2 Å². The second-order valence-corrected chi connectivity index (χ2v) is 8.85. The first-order valence-corrected chi connectivity index (χ1v) is 11.5. The first-order valence-electron chi connectivity index (χ1n) is 9.98. The van der Waals surface area contributed by atoms with Gasteiger partial charge < -0.3 is 14.5 Å². The van der Waals surface area contributed by atoms with Crippen molar-refractivity contribution in [2.45, 2.75) is 12.8 Å². The van der Waals surface area contributed by atoms with E-state index in [4.69, 9.17) is 32.9 Å². The maximum Gasteiger partial charge on any atom is 0.255 e. The maximum absolute atomic E-state index is 12.9. The van der Waals surface area contributed by atoms with Gasteiger partial charge in [0, 0.05) is 49.2 Å². The number of rotatable bonds is 5. The minimum Gasteiger partial charge on any atom is -0.497 e. The highest BCUT2D eigenvalue weighted by atomic mass is 35.5. The van der Waals surface area contributed by atoms with Crippen molar-refractivity contribution in [3.05, 3.63) is 69.5 Å². The highest BCUT2D eigenvalue weighted by Gasteiger charge is 2.23. The standard InChI is InChI=1S/C22H22Cl2N4O2S/c1-30-17-5-2-4-15(12-17)13-20-25-22(31-26-20)28-9-3-8-27(10-11-28)21(29)18-7-6-16(23)14-19(18)24/h2,4-7,12,14H,3,8-11,13H2,1H3. The topological polar surface area (TPSA) is 58.6 Å². The average Bonchev–Trinajstić information content (AvgIpc) is 3.08. The molecule has 0 atom stereocenters. The van der Waals surface area contributed by atoms with Crippen molar-refractivity contribution in [2.24, 2.45) is 0 Å². The molecule has 0 bridgehead atoms. The van der Waals surface area contributed by atoms with Gasteiger partial charge in [-0.1, -0.05) is 35.3 Å². The quantitative estimate of drug-likeness (QED) is 0.529. The summed E-state index contributed by atoms with van der Waals surface area (Å²) in [6.45, 7) is 2.79. The molecule has 0 unspecified atom stereocenters. The van der Waals surface area contributed by atoms with Crippen LogP contribution < -0.4 is 9.64 Å². The van der Waals surface area contributed by atoms with Crippen LogP contribution in [-0.2, 0) is 6.42 Å². The molecule has 6 nitrogen and oxygen atoms in total. The van der Waals surface area contributed by atoms with Gasteiger partial charge in [-0.05, 0) is 42.3 Å². The predicted octanol–water partition coefficient (Wildman–Crippen LogP) is 4.80. The molecule has 9 heteroatoms. The highest BCUT2D eigenvalue weighted by molar-refractivity contribution is 7.09. The van der Waals surface area contributed by atoms with E-state index >= 15 is 0 Å². The third-order valence-electron chi connectivity index (χ3n) is 5.17. The third kappa shape index (κ3) is 5.29. The summed E-state index contributed by atoms with van der Waals surface area (Å²) in [4.78, 5) is 21.7.